The number of nitrogens with zero attached hydrogens (tertiary/aromatic N) is 2. The van der Waals surface area contributed by atoms with Crippen molar-refractivity contribution >= 4 is 5.91 Å². The topological polar surface area (TPSA) is 93.3 Å². The van der Waals surface area contributed by atoms with Gasteiger partial charge in [0.15, 0.2) is 0 Å². The second-order valence-corrected chi connectivity index (χ2v) is 4.98. The van der Waals surface area contributed by atoms with Crippen LogP contribution in [0.4, 0.5) is 0 Å². The highest BCUT2D eigenvalue weighted by atomic mass is 16.3. The lowest BCUT2D eigenvalue weighted by molar-refractivity contribution is -0.117. The Bertz CT molecular complexity index is 527. The lowest BCUT2D eigenvalue weighted by Crippen LogP contribution is -2.46. The van der Waals surface area contributed by atoms with Crippen molar-refractivity contribution < 1.29 is 9.21 Å². The van der Waals surface area contributed by atoms with Gasteiger partial charge in [0.1, 0.15) is 17.4 Å². The van der Waals surface area contributed by atoms with E-state index in [1.807, 2.05) is 12.1 Å². The van der Waals surface area contributed by atoms with E-state index in [0.29, 0.717) is 13.1 Å². The Morgan fingerprint density at radius 3 is 3.00 bits per heavy atom. The molecule has 1 aliphatic rings. The summed E-state index contributed by atoms with van der Waals surface area (Å²) < 4.78 is 5.16. The summed E-state index contributed by atoms with van der Waals surface area (Å²) in [5.41, 5.74) is 0.0619. The zero-order chi connectivity index (χ0) is 15.6. The number of rotatable bonds is 7. The van der Waals surface area contributed by atoms with Gasteiger partial charge < -0.3 is 20.4 Å². The van der Waals surface area contributed by atoms with Crippen LogP contribution in [0, 0.1) is 11.3 Å². The molecular formula is C15H21N5O2. The molecule has 0 bridgehead atoms. The van der Waals surface area contributed by atoms with Crippen LogP contribution in [0.1, 0.15) is 5.76 Å². The van der Waals surface area contributed by atoms with Gasteiger partial charge in [-0.1, -0.05) is 0 Å². The Hall–Kier alpha value is -2.30. The summed E-state index contributed by atoms with van der Waals surface area (Å²) in [6.07, 6.45) is 3.00. The van der Waals surface area contributed by atoms with Gasteiger partial charge in [0.2, 0.25) is 0 Å². The average molecular weight is 303 g/mol. The molecule has 22 heavy (non-hydrogen) atoms. The molecule has 1 fully saturated rings. The second kappa shape index (κ2) is 8.87. The van der Waals surface area contributed by atoms with E-state index in [-0.39, 0.29) is 11.5 Å². The van der Waals surface area contributed by atoms with Crippen LogP contribution in [0.15, 0.2) is 34.6 Å². The molecule has 1 aromatic heterocycles. The summed E-state index contributed by atoms with van der Waals surface area (Å²) in [5, 5.41) is 18.0. The van der Waals surface area contributed by atoms with Crippen LogP contribution in [0.5, 0.6) is 0 Å². The summed E-state index contributed by atoms with van der Waals surface area (Å²) in [4.78, 5) is 14.2. The van der Waals surface area contributed by atoms with Gasteiger partial charge in [0.05, 0.1) is 12.8 Å². The highest BCUT2D eigenvalue weighted by Gasteiger charge is 2.11. The van der Waals surface area contributed by atoms with E-state index in [2.05, 4.69) is 20.9 Å². The molecule has 1 aromatic rings. The molecule has 0 unspecified atom stereocenters. The maximum atomic E-state index is 11.9. The van der Waals surface area contributed by atoms with Crippen LogP contribution >= 0.6 is 0 Å². The first-order valence-corrected chi connectivity index (χ1v) is 7.37. The van der Waals surface area contributed by atoms with Gasteiger partial charge in [-0.3, -0.25) is 9.69 Å². The van der Waals surface area contributed by atoms with Gasteiger partial charge in [0.25, 0.3) is 5.91 Å². The molecule has 7 heteroatoms. The Morgan fingerprint density at radius 1 is 1.50 bits per heavy atom. The van der Waals surface area contributed by atoms with E-state index in [1.54, 1.807) is 12.3 Å². The minimum atomic E-state index is -0.357. The van der Waals surface area contributed by atoms with Gasteiger partial charge in [-0.05, 0) is 12.1 Å². The standard InChI is InChI=1S/C15H21N5O2/c16-10-13(11-18-12-14-2-1-9-22-14)15(21)19-5-8-20-6-3-17-4-7-20/h1-2,9,11,17-18H,3-8,12H2,(H,19,21)/b13-11-. The predicted octanol–water partition coefficient (Wildman–Crippen LogP) is -0.202. The second-order valence-electron chi connectivity index (χ2n) is 4.98. The molecule has 3 N–H and O–H groups in total. The smallest absolute Gasteiger partial charge is 0.263 e. The molecule has 1 amide bonds. The fourth-order valence-corrected chi connectivity index (χ4v) is 2.17. The van der Waals surface area contributed by atoms with Crippen LogP contribution in [0.2, 0.25) is 0 Å². The van der Waals surface area contributed by atoms with Crippen molar-refractivity contribution in [3.63, 3.8) is 0 Å². The zero-order valence-electron chi connectivity index (χ0n) is 12.5. The lowest BCUT2D eigenvalue weighted by atomic mass is 10.3. The third kappa shape index (κ3) is 5.24. The number of amides is 1. The predicted molar refractivity (Wildman–Crippen MR) is 81.6 cm³/mol. The molecule has 0 saturated carbocycles. The van der Waals surface area contributed by atoms with E-state index < -0.39 is 0 Å². The summed E-state index contributed by atoms with van der Waals surface area (Å²) in [6, 6.07) is 5.51. The molecule has 118 valence electrons. The van der Waals surface area contributed by atoms with Crippen LogP contribution < -0.4 is 16.0 Å². The Morgan fingerprint density at radius 2 is 2.32 bits per heavy atom. The first-order chi connectivity index (χ1) is 10.8. The van der Waals surface area contributed by atoms with E-state index in [0.717, 1.165) is 38.5 Å². The third-order valence-electron chi connectivity index (χ3n) is 3.39. The van der Waals surface area contributed by atoms with Crippen LogP contribution in [0.25, 0.3) is 0 Å². The van der Waals surface area contributed by atoms with Gasteiger partial charge >= 0.3 is 0 Å². The van der Waals surface area contributed by atoms with Crippen molar-refractivity contribution in [2.75, 3.05) is 39.3 Å². The van der Waals surface area contributed by atoms with E-state index >= 15 is 0 Å². The largest absolute Gasteiger partial charge is 0.467 e. The number of nitriles is 1. The molecule has 2 heterocycles. The minimum absolute atomic E-state index is 0.0619. The fourth-order valence-electron chi connectivity index (χ4n) is 2.17. The highest BCUT2D eigenvalue weighted by Crippen LogP contribution is 1.99. The van der Waals surface area contributed by atoms with Crippen LogP contribution in [0.3, 0.4) is 0 Å². The van der Waals surface area contributed by atoms with E-state index in [4.69, 9.17) is 9.68 Å². The van der Waals surface area contributed by atoms with Crippen LogP contribution in [-0.4, -0.2) is 50.1 Å². The molecule has 7 nitrogen and oxygen atoms in total. The maximum absolute atomic E-state index is 11.9. The molecule has 0 spiro atoms. The summed E-state index contributed by atoms with van der Waals surface area (Å²) in [6.45, 7) is 5.71. The summed E-state index contributed by atoms with van der Waals surface area (Å²) in [5.74, 6) is 0.386. The highest BCUT2D eigenvalue weighted by molar-refractivity contribution is 5.97. The Kier molecular flexibility index (Phi) is 6.48. The van der Waals surface area contributed by atoms with Gasteiger partial charge in [-0.15, -0.1) is 0 Å². The first-order valence-electron chi connectivity index (χ1n) is 7.37. The zero-order valence-corrected chi connectivity index (χ0v) is 12.5. The van der Waals surface area contributed by atoms with Crippen molar-refractivity contribution in [2.24, 2.45) is 0 Å². The molecule has 0 aliphatic carbocycles. The van der Waals surface area contributed by atoms with Gasteiger partial charge in [0, 0.05) is 45.5 Å². The first kappa shape index (κ1) is 16.1. The lowest BCUT2D eigenvalue weighted by Gasteiger charge is -2.27. The quantitative estimate of drug-likeness (QED) is 0.477. The SMILES string of the molecule is N#C/C(=C/NCc1ccco1)C(=O)NCCN1CCNCC1. The normalized spacial score (nSPS) is 16.0. The average Bonchev–Trinajstić information content (AvgIpc) is 3.06. The van der Waals surface area contributed by atoms with Crippen molar-refractivity contribution in [1.82, 2.24) is 20.9 Å². The molecule has 0 atom stereocenters. The molecule has 1 saturated heterocycles. The fraction of sp³-hybridized carbons (Fsp3) is 0.467. The van der Waals surface area contributed by atoms with Gasteiger partial charge in [-0.2, -0.15) is 5.26 Å². The number of furan rings is 1. The Balaban J connectivity index is 1.70. The number of piperazine rings is 1. The molecular weight excluding hydrogens is 282 g/mol. The number of carbonyl (C=O) groups excluding carboxylic acids is 1. The molecule has 2 rings (SSSR count). The van der Waals surface area contributed by atoms with E-state index in [1.165, 1.54) is 6.20 Å². The molecule has 1 aliphatic heterocycles. The van der Waals surface area contributed by atoms with Gasteiger partial charge in [-0.25, -0.2) is 0 Å². The van der Waals surface area contributed by atoms with Crippen molar-refractivity contribution in [3.05, 3.63) is 35.9 Å². The Labute approximate surface area is 130 Å². The van der Waals surface area contributed by atoms with Crippen LogP contribution in [-0.2, 0) is 11.3 Å². The van der Waals surface area contributed by atoms with Crippen molar-refractivity contribution in [3.8, 4) is 6.07 Å². The number of nitrogens with one attached hydrogen (secondary N) is 3. The van der Waals surface area contributed by atoms with Crippen molar-refractivity contribution in [1.29, 1.82) is 5.26 Å². The summed E-state index contributed by atoms with van der Waals surface area (Å²) in [7, 11) is 0. The van der Waals surface area contributed by atoms with Crippen molar-refractivity contribution in [2.45, 2.75) is 6.54 Å². The number of hydrogen-bond acceptors (Lipinski definition) is 6. The molecule has 0 radical (unpaired) electrons. The number of hydrogen-bond donors (Lipinski definition) is 3. The van der Waals surface area contributed by atoms with E-state index in [9.17, 15) is 4.79 Å². The number of carbonyl (C=O) groups is 1. The monoisotopic (exact) mass is 303 g/mol. The summed E-state index contributed by atoms with van der Waals surface area (Å²) >= 11 is 0. The maximum Gasteiger partial charge on any atom is 0.263 e. The minimum Gasteiger partial charge on any atom is -0.467 e. The molecule has 0 aromatic carbocycles. The third-order valence-corrected chi connectivity index (χ3v) is 3.39.